The summed E-state index contributed by atoms with van der Waals surface area (Å²) in [5, 5.41) is 8.52. The van der Waals surface area contributed by atoms with Crippen molar-refractivity contribution in [2.24, 2.45) is 0 Å². The van der Waals surface area contributed by atoms with Gasteiger partial charge in [0.15, 0.2) is 5.78 Å². The van der Waals surface area contributed by atoms with Crippen LogP contribution in [0.4, 0.5) is 0 Å². The highest BCUT2D eigenvalue weighted by Crippen LogP contribution is 2.31. The largest absolute Gasteiger partial charge is 0.497 e. The van der Waals surface area contributed by atoms with Gasteiger partial charge in [0.05, 0.1) is 26.3 Å². The van der Waals surface area contributed by atoms with Crippen LogP contribution in [0.1, 0.15) is 71.8 Å². The van der Waals surface area contributed by atoms with Crippen LogP contribution in [-0.4, -0.2) is 85.5 Å². The van der Waals surface area contributed by atoms with Gasteiger partial charge >= 0.3 is 0 Å². The number of ketones is 1. The van der Waals surface area contributed by atoms with Crippen LogP contribution in [0.2, 0.25) is 0 Å². The second kappa shape index (κ2) is 15.8. The van der Waals surface area contributed by atoms with Crippen molar-refractivity contribution in [1.82, 2.24) is 20.9 Å². The van der Waals surface area contributed by atoms with Crippen molar-refractivity contribution < 1.29 is 28.7 Å². The van der Waals surface area contributed by atoms with Crippen LogP contribution >= 0.6 is 0 Å². The molecule has 0 saturated carbocycles. The lowest BCUT2D eigenvalue weighted by molar-refractivity contribution is -0.134. The van der Waals surface area contributed by atoms with Gasteiger partial charge < -0.3 is 25.4 Å². The Bertz CT molecular complexity index is 1110. The number of methoxy groups -OCH3 is 1. The lowest BCUT2D eigenvalue weighted by Crippen LogP contribution is -2.57. The molecule has 0 aromatic heterocycles. The van der Waals surface area contributed by atoms with Gasteiger partial charge in [-0.3, -0.25) is 24.1 Å². The van der Waals surface area contributed by atoms with Crippen molar-refractivity contribution in [2.75, 3.05) is 33.4 Å². The van der Waals surface area contributed by atoms with Gasteiger partial charge in [0.25, 0.3) is 0 Å². The van der Waals surface area contributed by atoms with Crippen LogP contribution in [0.15, 0.2) is 35.9 Å². The van der Waals surface area contributed by atoms with Crippen LogP contribution < -0.4 is 20.7 Å². The molecule has 3 amide bonds. The Hall–Kier alpha value is -3.24. The van der Waals surface area contributed by atoms with E-state index in [2.05, 4.69) is 40.8 Å². The van der Waals surface area contributed by atoms with E-state index < -0.39 is 35.5 Å². The molecule has 2 aliphatic rings. The number of carbonyl (C=O) groups is 4. The first-order chi connectivity index (χ1) is 20.1. The van der Waals surface area contributed by atoms with Crippen molar-refractivity contribution >= 4 is 23.5 Å². The van der Waals surface area contributed by atoms with E-state index in [4.69, 9.17) is 9.47 Å². The fourth-order valence-electron chi connectivity index (χ4n) is 5.25. The van der Waals surface area contributed by atoms with Gasteiger partial charge in [0.2, 0.25) is 17.7 Å². The molecule has 0 bridgehead atoms. The predicted molar refractivity (Wildman–Crippen MR) is 161 cm³/mol. The molecule has 1 aromatic carbocycles. The number of benzene rings is 1. The lowest BCUT2D eigenvalue weighted by Gasteiger charge is -2.26. The number of epoxide rings is 1. The minimum Gasteiger partial charge on any atom is -0.497 e. The number of amides is 3. The van der Waals surface area contributed by atoms with Crippen molar-refractivity contribution in [3.8, 4) is 5.75 Å². The zero-order valence-corrected chi connectivity index (χ0v) is 25.8. The van der Waals surface area contributed by atoms with Gasteiger partial charge in [-0.05, 0) is 83.2 Å². The molecule has 232 valence electrons. The van der Waals surface area contributed by atoms with Crippen molar-refractivity contribution in [2.45, 2.75) is 96.4 Å². The number of ether oxygens (including phenoxy) is 2. The molecule has 10 heteroatoms. The third-order valence-electron chi connectivity index (χ3n) is 7.78. The summed E-state index contributed by atoms with van der Waals surface area (Å²) in [5.74, 6) is -0.677. The first kappa shape index (κ1) is 33.3. The van der Waals surface area contributed by atoms with E-state index in [1.54, 1.807) is 33.1 Å². The molecular weight excluding hydrogens is 536 g/mol. The summed E-state index contributed by atoms with van der Waals surface area (Å²) in [5.41, 5.74) is 1.06. The van der Waals surface area contributed by atoms with Gasteiger partial charge in [-0.2, -0.15) is 0 Å². The van der Waals surface area contributed by atoms with Crippen LogP contribution in [0.5, 0.6) is 5.75 Å². The monoisotopic (exact) mass is 584 g/mol. The maximum absolute atomic E-state index is 13.7. The highest BCUT2D eigenvalue weighted by atomic mass is 16.6. The van der Waals surface area contributed by atoms with Gasteiger partial charge in [0.1, 0.15) is 23.4 Å². The van der Waals surface area contributed by atoms with E-state index in [0.29, 0.717) is 18.8 Å². The van der Waals surface area contributed by atoms with Crippen molar-refractivity contribution in [3.05, 3.63) is 41.5 Å². The quantitative estimate of drug-likeness (QED) is 0.179. The number of Topliss-reactive ketones (excluding diaryl/α,β-unsaturated/α-hetero) is 1. The van der Waals surface area contributed by atoms with E-state index in [9.17, 15) is 19.2 Å². The Balaban J connectivity index is 1.73. The normalized spacial score (nSPS) is 19.8. The Morgan fingerprint density at radius 3 is 2.17 bits per heavy atom. The molecule has 4 atom stereocenters. The summed E-state index contributed by atoms with van der Waals surface area (Å²) in [6.07, 6.45) is 7.50. The molecular formula is C32H48N4O6. The second-order valence-corrected chi connectivity index (χ2v) is 11.6. The zero-order valence-electron chi connectivity index (χ0n) is 25.8. The predicted octanol–water partition coefficient (Wildman–Crippen LogP) is 2.69. The maximum atomic E-state index is 13.7. The number of hydrogen-bond acceptors (Lipinski definition) is 7. The number of allylic oxidation sites excluding steroid dienone is 1. The van der Waals surface area contributed by atoms with Crippen molar-refractivity contribution in [1.29, 1.82) is 0 Å². The fraction of sp³-hybridized carbons (Fsp3) is 0.625. The van der Waals surface area contributed by atoms with Crippen LogP contribution in [0.25, 0.3) is 0 Å². The molecule has 0 spiro atoms. The minimum absolute atomic E-state index is 0.164. The average molecular weight is 585 g/mol. The molecule has 1 aliphatic carbocycles. The van der Waals surface area contributed by atoms with Gasteiger partial charge in [-0.1, -0.05) is 37.6 Å². The lowest BCUT2D eigenvalue weighted by atomic mass is 9.94. The van der Waals surface area contributed by atoms with Gasteiger partial charge in [-0.15, -0.1) is 0 Å². The highest BCUT2D eigenvalue weighted by Gasteiger charge is 2.50. The standard InChI is InChI=1S/C32H48N4O6/c1-6-16-36(17-7-2)20-28(37)33-22(3)30(39)35-27(19-24-12-14-25(41-5)15-13-24)31(40)34-26(18-23-10-8-9-11-23)29(38)32(4)21-42-32/h10,12-15,22,26-27H,6-9,11,16-21H2,1-5H3,(H,33,37)(H,34,40)(H,35,39). The van der Waals surface area contributed by atoms with E-state index in [1.807, 2.05) is 12.1 Å². The Morgan fingerprint density at radius 1 is 0.976 bits per heavy atom. The smallest absolute Gasteiger partial charge is 0.243 e. The van der Waals surface area contributed by atoms with Crippen LogP contribution in [0, 0.1) is 0 Å². The summed E-state index contributed by atoms with van der Waals surface area (Å²) in [7, 11) is 1.58. The number of nitrogens with zero attached hydrogens (tertiary/aromatic N) is 1. The molecule has 4 unspecified atom stereocenters. The summed E-state index contributed by atoms with van der Waals surface area (Å²) in [6.45, 7) is 9.59. The zero-order chi connectivity index (χ0) is 30.7. The summed E-state index contributed by atoms with van der Waals surface area (Å²) in [6, 6.07) is 4.66. The highest BCUT2D eigenvalue weighted by molar-refractivity contribution is 5.98. The molecule has 3 rings (SSSR count). The molecule has 1 aromatic rings. The Morgan fingerprint density at radius 2 is 1.62 bits per heavy atom. The van der Waals surface area contributed by atoms with E-state index in [1.165, 1.54) is 0 Å². The van der Waals surface area contributed by atoms with Gasteiger partial charge in [-0.25, -0.2) is 0 Å². The molecule has 1 aliphatic heterocycles. The molecule has 1 heterocycles. The Kier molecular flexibility index (Phi) is 12.5. The van der Waals surface area contributed by atoms with Crippen LogP contribution in [-0.2, 0) is 30.3 Å². The SMILES string of the molecule is CCCN(CCC)CC(=O)NC(C)C(=O)NC(Cc1ccc(OC)cc1)C(=O)NC(CC1=CCCC1)C(=O)C1(C)CO1. The number of hydrogen-bond donors (Lipinski definition) is 3. The molecule has 0 radical (unpaired) electrons. The summed E-state index contributed by atoms with van der Waals surface area (Å²) < 4.78 is 10.7. The van der Waals surface area contributed by atoms with E-state index in [0.717, 1.165) is 56.3 Å². The van der Waals surface area contributed by atoms with Crippen molar-refractivity contribution in [3.63, 3.8) is 0 Å². The number of rotatable bonds is 18. The van der Waals surface area contributed by atoms with Crippen LogP contribution in [0.3, 0.4) is 0 Å². The molecule has 3 N–H and O–H groups in total. The van der Waals surface area contributed by atoms with E-state index in [-0.39, 0.29) is 24.7 Å². The summed E-state index contributed by atoms with van der Waals surface area (Å²) in [4.78, 5) is 55.0. The minimum atomic E-state index is -0.970. The number of nitrogens with one attached hydrogen (secondary N) is 3. The average Bonchev–Trinajstić information content (AvgIpc) is 3.50. The molecule has 42 heavy (non-hydrogen) atoms. The first-order valence-electron chi connectivity index (χ1n) is 15.2. The molecule has 1 fully saturated rings. The Labute approximate surface area is 250 Å². The second-order valence-electron chi connectivity index (χ2n) is 11.6. The van der Waals surface area contributed by atoms with Gasteiger partial charge in [0, 0.05) is 6.42 Å². The molecule has 1 saturated heterocycles. The maximum Gasteiger partial charge on any atom is 0.243 e. The first-order valence-corrected chi connectivity index (χ1v) is 15.2. The topological polar surface area (TPSA) is 129 Å². The molecule has 10 nitrogen and oxygen atoms in total. The third kappa shape index (κ3) is 9.94. The fourth-order valence-corrected chi connectivity index (χ4v) is 5.25. The summed E-state index contributed by atoms with van der Waals surface area (Å²) >= 11 is 0. The number of carbonyl (C=O) groups excluding carboxylic acids is 4. The van der Waals surface area contributed by atoms with E-state index >= 15 is 0 Å². The third-order valence-corrected chi connectivity index (χ3v) is 7.78.